The minimum atomic E-state index is 0.104. The van der Waals surface area contributed by atoms with E-state index in [4.69, 9.17) is 0 Å². The van der Waals surface area contributed by atoms with Crippen LogP contribution < -0.4 is 0 Å². The van der Waals surface area contributed by atoms with Crippen LogP contribution in [0.15, 0.2) is 0 Å². The van der Waals surface area contributed by atoms with Crippen molar-refractivity contribution in [1.29, 1.82) is 0 Å². The van der Waals surface area contributed by atoms with Crippen molar-refractivity contribution in [3.63, 3.8) is 0 Å². The van der Waals surface area contributed by atoms with Gasteiger partial charge in [-0.1, -0.05) is 20.3 Å². The normalized spacial score (nSPS) is 27.5. The lowest BCUT2D eigenvalue weighted by Gasteiger charge is -2.40. The van der Waals surface area contributed by atoms with Crippen LogP contribution in [0.2, 0.25) is 0 Å². The topological polar surface area (TPSA) is 20.3 Å². The van der Waals surface area contributed by atoms with Crippen molar-refractivity contribution in [2.24, 2.45) is 5.92 Å². The highest BCUT2D eigenvalue weighted by molar-refractivity contribution is 5.56. The molecule has 2 nitrogen and oxygen atoms in total. The van der Waals surface area contributed by atoms with Crippen molar-refractivity contribution in [3.8, 4) is 0 Å². The molecule has 1 rings (SSSR count). The summed E-state index contributed by atoms with van der Waals surface area (Å²) in [6.45, 7) is 7.61. The molecule has 0 radical (unpaired) electrons. The molecule has 2 atom stereocenters. The van der Waals surface area contributed by atoms with E-state index in [1.165, 1.54) is 19.3 Å². The van der Waals surface area contributed by atoms with Gasteiger partial charge in [-0.05, 0) is 32.2 Å². The second-order valence-electron chi connectivity index (χ2n) is 4.42. The first-order valence-electron chi connectivity index (χ1n) is 5.38. The third-order valence-electron chi connectivity index (χ3n) is 3.08. The Balaban J connectivity index is 2.61. The van der Waals surface area contributed by atoms with Crippen LogP contribution in [-0.4, -0.2) is 29.8 Å². The van der Waals surface area contributed by atoms with Crippen LogP contribution >= 0.6 is 0 Å². The highest BCUT2D eigenvalue weighted by Gasteiger charge is 2.27. The van der Waals surface area contributed by atoms with Gasteiger partial charge in [0.1, 0.15) is 6.29 Å². The molecular weight excluding hydrogens is 162 g/mol. The minimum absolute atomic E-state index is 0.104. The number of hydrogen-bond acceptors (Lipinski definition) is 2. The van der Waals surface area contributed by atoms with Gasteiger partial charge in [-0.3, -0.25) is 4.90 Å². The maximum Gasteiger partial charge on any atom is 0.136 e. The summed E-state index contributed by atoms with van der Waals surface area (Å²) in [7, 11) is 0. The van der Waals surface area contributed by atoms with Crippen molar-refractivity contribution in [1.82, 2.24) is 4.90 Å². The van der Waals surface area contributed by atoms with Gasteiger partial charge in [0.05, 0.1) is 6.04 Å². The number of aldehydes is 1. The van der Waals surface area contributed by atoms with Gasteiger partial charge >= 0.3 is 0 Å². The number of piperidine rings is 1. The van der Waals surface area contributed by atoms with Crippen LogP contribution in [0.25, 0.3) is 0 Å². The predicted octanol–water partition coefficient (Wildman–Crippen LogP) is 2.08. The first kappa shape index (κ1) is 10.7. The Morgan fingerprint density at radius 2 is 2.00 bits per heavy atom. The van der Waals surface area contributed by atoms with Gasteiger partial charge in [-0.25, -0.2) is 0 Å². The number of hydrogen-bond donors (Lipinski definition) is 0. The fraction of sp³-hybridized carbons (Fsp3) is 0.909. The molecule has 1 aliphatic heterocycles. The maximum atomic E-state index is 10.7. The first-order valence-corrected chi connectivity index (χ1v) is 5.38. The number of rotatable bonds is 3. The van der Waals surface area contributed by atoms with E-state index in [0.717, 1.165) is 12.8 Å². The summed E-state index contributed by atoms with van der Waals surface area (Å²) in [5.74, 6) is 0.669. The average molecular weight is 183 g/mol. The highest BCUT2D eigenvalue weighted by Crippen LogP contribution is 2.24. The Morgan fingerprint density at radius 1 is 1.31 bits per heavy atom. The van der Waals surface area contributed by atoms with E-state index in [1.807, 2.05) is 6.92 Å². The maximum absolute atomic E-state index is 10.7. The van der Waals surface area contributed by atoms with E-state index in [2.05, 4.69) is 18.7 Å². The zero-order valence-electron chi connectivity index (χ0n) is 8.99. The van der Waals surface area contributed by atoms with E-state index in [9.17, 15) is 4.79 Å². The molecular formula is C11H21NO. The Morgan fingerprint density at radius 3 is 2.54 bits per heavy atom. The van der Waals surface area contributed by atoms with Gasteiger partial charge in [0.15, 0.2) is 0 Å². The lowest BCUT2D eigenvalue weighted by Crippen LogP contribution is -2.48. The molecule has 0 aromatic rings. The number of carbonyl (C=O) groups excluding carboxylic acids is 1. The van der Waals surface area contributed by atoms with Crippen molar-refractivity contribution in [2.75, 3.05) is 6.54 Å². The Bertz CT molecular complexity index is 167. The second kappa shape index (κ2) is 4.75. The highest BCUT2D eigenvalue weighted by atomic mass is 16.1. The third-order valence-corrected chi connectivity index (χ3v) is 3.08. The molecule has 1 aliphatic rings. The molecule has 1 saturated heterocycles. The SMILES string of the molecule is CC(C)C1CCCCN1C(C)C=O. The summed E-state index contributed by atoms with van der Waals surface area (Å²) in [5, 5.41) is 0. The van der Waals surface area contributed by atoms with Crippen LogP contribution in [0, 0.1) is 5.92 Å². The lowest BCUT2D eigenvalue weighted by molar-refractivity contribution is -0.113. The molecule has 0 N–H and O–H groups in total. The van der Waals surface area contributed by atoms with Crippen molar-refractivity contribution in [2.45, 2.75) is 52.1 Å². The van der Waals surface area contributed by atoms with Gasteiger partial charge in [0.25, 0.3) is 0 Å². The molecule has 0 saturated carbocycles. The van der Waals surface area contributed by atoms with E-state index in [-0.39, 0.29) is 6.04 Å². The van der Waals surface area contributed by atoms with Crippen molar-refractivity contribution >= 4 is 6.29 Å². The van der Waals surface area contributed by atoms with E-state index >= 15 is 0 Å². The summed E-state index contributed by atoms with van der Waals surface area (Å²) in [4.78, 5) is 13.1. The molecule has 1 fully saturated rings. The quantitative estimate of drug-likeness (QED) is 0.624. The second-order valence-corrected chi connectivity index (χ2v) is 4.42. The molecule has 0 amide bonds. The fourth-order valence-corrected chi connectivity index (χ4v) is 2.28. The number of likely N-dealkylation sites (tertiary alicyclic amines) is 1. The average Bonchev–Trinajstić information content (AvgIpc) is 2.16. The standard InChI is InChI=1S/C11H21NO/c1-9(2)11-6-4-5-7-12(11)10(3)8-13/h8-11H,4-7H2,1-3H3. The summed E-state index contributed by atoms with van der Waals surface area (Å²) in [6.07, 6.45) is 4.91. The summed E-state index contributed by atoms with van der Waals surface area (Å²) >= 11 is 0. The molecule has 0 bridgehead atoms. The minimum Gasteiger partial charge on any atom is -0.302 e. The zero-order chi connectivity index (χ0) is 9.84. The monoisotopic (exact) mass is 183 g/mol. The van der Waals surface area contributed by atoms with Crippen molar-refractivity contribution in [3.05, 3.63) is 0 Å². The van der Waals surface area contributed by atoms with Crippen LogP contribution in [0.3, 0.4) is 0 Å². The molecule has 0 spiro atoms. The third kappa shape index (κ3) is 2.53. The molecule has 76 valence electrons. The van der Waals surface area contributed by atoms with Crippen LogP contribution in [0.1, 0.15) is 40.0 Å². The summed E-state index contributed by atoms with van der Waals surface area (Å²) < 4.78 is 0. The smallest absolute Gasteiger partial charge is 0.136 e. The van der Waals surface area contributed by atoms with E-state index in [1.54, 1.807) is 0 Å². The molecule has 1 heterocycles. The molecule has 0 aromatic heterocycles. The largest absolute Gasteiger partial charge is 0.302 e. The van der Waals surface area contributed by atoms with Gasteiger partial charge in [0, 0.05) is 6.04 Å². The summed E-state index contributed by atoms with van der Waals surface area (Å²) in [6, 6.07) is 0.724. The van der Waals surface area contributed by atoms with Gasteiger partial charge in [-0.2, -0.15) is 0 Å². The number of carbonyl (C=O) groups is 1. The number of nitrogens with zero attached hydrogens (tertiary/aromatic N) is 1. The van der Waals surface area contributed by atoms with Gasteiger partial charge < -0.3 is 4.79 Å². The van der Waals surface area contributed by atoms with Gasteiger partial charge in [0.2, 0.25) is 0 Å². The van der Waals surface area contributed by atoms with Crippen LogP contribution in [-0.2, 0) is 4.79 Å². The molecule has 0 aromatic carbocycles. The fourth-order valence-electron chi connectivity index (χ4n) is 2.28. The molecule has 13 heavy (non-hydrogen) atoms. The Labute approximate surface area is 81.3 Å². The van der Waals surface area contributed by atoms with Crippen molar-refractivity contribution < 1.29 is 4.79 Å². The first-order chi connectivity index (χ1) is 6.16. The zero-order valence-corrected chi connectivity index (χ0v) is 8.99. The van der Waals surface area contributed by atoms with E-state index in [0.29, 0.717) is 12.0 Å². The van der Waals surface area contributed by atoms with E-state index < -0.39 is 0 Å². The predicted molar refractivity (Wildman–Crippen MR) is 54.7 cm³/mol. The van der Waals surface area contributed by atoms with Gasteiger partial charge in [-0.15, -0.1) is 0 Å². The molecule has 0 aliphatic carbocycles. The summed E-state index contributed by atoms with van der Waals surface area (Å²) in [5.41, 5.74) is 0. The Hall–Kier alpha value is -0.370. The van der Waals surface area contributed by atoms with Crippen LogP contribution in [0.5, 0.6) is 0 Å². The molecule has 2 heteroatoms. The lowest BCUT2D eigenvalue weighted by atomic mass is 9.91. The van der Waals surface area contributed by atoms with Crippen LogP contribution in [0.4, 0.5) is 0 Å². The Kier molecular flexibility index (Phi) is 3.91. The molecule has 2 unspecified atom stereocenters.